The van der Waals surface area contributed by atoms with Gasteiger partial charge >= 0.3 is 0 Å². The molecule has 0 unspecified atom stereocenters. The first kappa shape index (κ1) is 14.1. The largest absolute Gasteiger partial charge is 0.489 e. The topological polar surface area (TPSA) is 21.3 Å². The molecule has 0 amide bonds. The Balaban J connectivity index is 1.64. The molecule has 0 spiro atoms. The zero-order valence-electron chi connectivity index (χ0n) is 12.2. The summed E-state index contributed by atoms with van der Waals surface area (Å²) in [6.07, 6.45) is 2.51. The molecule has 21 heavy (non-hydrogen) atoms. The van der Waals surface area contributed by atoms with E-state index in [9.17, 15) is 4.39 Å². The minimum atomic E-state index is -0.210. The van der Waals surface area contributed by atoms with Crippen LogP contribution in [0.15, 0.2) is 42.5 Å². The minimum absolute atomic E-state index is 0.210. The molecule has 2 nitrogen and oxygen atoms in total. The van der Waals surface area contributed by atoms with Crippen LogP contribution < -0.4 is 10.1 Å². The highest BCUT2D eigenvalue weighted by Crippen LogP contribution is 2.20. The second kappa shape index (κ2) is 6.27. The van der Waals surface area contributed by atoms with E-state index in [-0.39, 0.29) is 12.4 Å². The zero-order chi connectivity index (χ0) is 14.7. The van der Waals surface area contributed by atoms with Crippen LogP contribution in [0.2, 0.25) is 0 Å². The summed E-state index contributed by atoms with van der Waals surface area (Å²) in [4.78, 5) is 0. The molecule has 0 radical (unpaired) electrons. The van der Waals surface area contributed by atoms with Gasteiger partial charge in [-0.15, -0.1) is 0 Å². The third-order valence-electron chi connectivity index (χ3n) is 3.67. The van der Waals surface area contributed by atoms with Crippen LogP contribution in [-0.2, 0) is 13.2 Å². The number of hydrogen-bond acceptors (Lipinski definition) is 2. The molecule has 3 rings (SSSR count). The second-order valence-corrected chi connectivity index (χ2v) is 5.69. The summed E-state index contributed by atoms with van der Waals surface area (Å²) in [5.41, 5.74) is 2.84. The van der Waals surface area contributed by atoms with Gasteiger partial charge < -0.3 is 10.1 Å². The van der Waals surface area contributed by atoms with Gasteiger partial charge in [-0.1, -0.05) is 18.2 Å². The summed E-state index contributed by atoms with van der Waals surface area (Å²) in [7, 11) is 0. The van der Waals surface area contributed by atoms with Crippen molar-refractivity contribution in [2.45, 2.75) is 39.0 Å². The standard InChI is InChI=1S/C18H20FNO/c1-13-3-2-4-17(9-13)21-12-15-10-14(5-8-18(15)19)11-20-16-6-7-16/h2-5,8-10,16,20H,6-7,11-12H2,1H3. The molecule has 0 heterocycles. The number of nitrogens with one attached hydrogen (secondary N) is 1. The van der Waals surface area contributed by atoms with E-state index in [0.29, 0.717) is 11.6 Å². The van der Waals surface area contributed by atoms with Gasteiger partial charge in [0.15, 0.2) is 0 Å². The average Bonchev–Trinajstić information content (AvgIpc) is 3.29. The van der Waals surface area contributed by atoms with Gasteiger partial charge in [-0.05, 0) is 55.2 Å². The highest BCUT2D eigenvalue weighted by atomic mass is 19.1. The first-order chi connectivity index (χ1) is 10.2. The molecule has 1 saturated carbocycles. The molecule has 1 aliphatic rings. The maximum absolute atomic E-state index is 13.9. The van der Waals surface area contributed by atoms with Crippen molar-refractivity contribution in [2.75, 3.05) is 0 Å². The lowest BCUT2D eigenvalue weighted by Crippen LogP contribution is -2.15. The summed E-state index contributed by atoms with van der Waals surface area (Å²) >= 11 is 0. The lowest BCUT2D eigenvalue weighted by Gasteiger charge is -2.10. The number of halogens is 1. The number of rotatable bonds is 6. The van der Waals surface area contributed by atoms with E-state index < -0.39 is 0 Å². The first-order valence-corrected chi connectivity index (χ1v) is 7.41. The Bertz CT molecular complexity index is 622. The lowest BCUT2D eigenvalue weighted by molar-refractivity contribution is 0.299. The zero-order valence-corrected chi connectivity index (χ0v) is 12.2. The predicted octanol–water partition coefficient (Wildman–Crippen LogP) is 3.97. The van der Waals surface area contributed by atoms with Gasteiger partial charge in [0.2, 0.25) is 0 Å². The Morgan fingerprint density at radius 2 is 2.05 bits per heavy atom. The Morgan fingerprint density at radius 3 is 2.81 bits per heavy atom. The lowest BCUT2D eigenvalue weighted by atomic mass is 10.1. The van der Waals surface area contributed by atoms with Crippen LogP contribution in [0.25, 0.3) is 0 Å². The molecule has 2 aromatic carbocycles. The monoisotopic (exact) mass is 285 g/mol. The van der Waals surface area contributed by atoms with Crippen molar-refractivity contribution < 1.29 is 9.13 Å². The molecule has 1 aliphatic carbocycles. The van der Waals surface area contributed by atoms with Gasteiger partial charge in [0.05, 0.1) is 0 Å². The minimum Gasteiger partial charge on any atom is -0.489 e. The molecule has 1 fully saturated rings. The fourth-order valence-corrected chi connectivity index (χ4v) is 2.26. The van der Waals surface area contributed by atoms with Gasteiger partial charge in [0.1, 0.15) is 18.2 Å². The molecule has 1 N–H and O–H groups in total. The van der Waals surface area contributed by atoms with Gasteiger partial charge in [-0.3, -0.25) is 0 Å². The number of aryl methyl sites for hydroxylation is 1. The van der Waals surface area contributed by atoms with Crippen LogP contribution in [0.1, 0.15) is 29.5 Å². The van der Waals surface area contributed by atoms with Gasteiger partial charge in [-0.2, -0.15) is 0 Å². The van der Waals surface area contributed by atoms with Crippen molar-refractivity contribution in [1.29, 1.82) is 0 Å². The van der Waals surface area contributed by atoms with Crippen LogP contribution in [0.5, 0.6) is 5.75 Å². The van der Waals surface area contributed by atoms with Crippen molar-refractivity contribution in [3.8, 4) is 5.75 Å². The van der Waals surface area contributed by atoms with Gasteiger partial charge in [-0.25, -0.2) is 4.39 Å². The van der Waals surface area contributed by atoms with E-state index in [2.05, 4.69) is 5.32 Å². The van der Waals surface area contributed by atoms with Crippen molar-refractivity contribution in [1.82, 2.24) is 5.32 Å². The van der Waals surface area contributed by atoms with E-state index in [1.807, 2.05) is 43.3 Å². The Hall–Kier alpha value is -1.87. The van der Waals surface area contributed by atoms with E-state index in [0.717, 1.165) is 23.4 Å². The van der Waals surface area contributed by atoms with Crippen molar-refractivity contribution in [2.24, 2.45) is 0 Å². The molecular formula is C18H20FNO. The Labute approximate surface area is 125 Å². The summed E-state index contributed by atoms with van der Waals surface area (Å²) in [5, 5.41) is 3.44. The fourth-order valence-electron chi connectivity index (χ4n) is 2.26. The second-order valence-electron chi connectivity index (χ2n) is 5.69. The van der Waals surface area contributed by atoms with Gasteiger partial charge in [0.25, 0.3) is 0 Å². The average molecular weight is 285 g/mol. The number of hydrogen-bond donors (Lipinski definition) is 1. The molecule has 2 aromatic rings. The predicted molar refractivity (Wildman–Crippen MR) is 81.8 cm³/mol. The highest BCUT2D eigenvalue weighted by Gasteiger charge is 2.20. The number of benzene rings is 2. The van der Waals surface area contributed by atoms with Gasteiger partial charge in [0, 0.05) is 18.2 Å². The molecule has 110 valence electrons. The molecule has 0 saturated heterocycles. The molecule has 3 heteroatoms. The summed E-state index contributed by atoms with van der Waals surface area (Å²) in [5.74, 6) is 0.564. The summed E-state index contributed by atoms with van der Waals surface area (Å²) in [6, 6.07) is 13.7. The van der Waals surface area contributed by atoms with E-state index in [4.69, 9.17) is 4.74 Å². The molecule has 0 atom stereocenters. The Morgan fingerprint density at radius 1 is 1.19 bits per heavy atom. The van der Waals surface area contributed by atoms with Crippen LogP contribution in [0.4, 0.5) is 4.39 Å². The van der Waals surface area contributed by atoms with Crippen molar-refractivity contribution >= 4 is 0 Å². The quantitative estimate of drug-likeness (QED) is 0.867. The molecule has 0 bridgehead atoms. The summed E-state index contributed by atoms with van der Waals surface area (Å²) in [6.45, 7) is 3.06. The van der Waals surface area contributed by atoms with Crippen LogP contribution in [-0.4, -0.2) is 6.04 Å². The SMILES string of the molecule is Cc1cccc(OCc2cc(CNC3CC3)ccc2F)c1. The summed E-state index contributed by atoms with van der Waals surface area (Å²) < 4.78 is 19.5. The van der Waals surface area contributed by atoms with Crippen LogP contribution >= 0.6 is 0 Å². The molecular weight excluding hydrogens is 265 g/mol. The van der Waals surface area contributed by atoms with Crippen LogP contribution in [0, 0.1) is 12.7 Å². The smallest absolute Gasteiger partial charge is 0.129 e. The first-order valence-electron chi connectivity index (χ1n) is 7.41. The van der Waals surface area contributed by atoms with E-state index in [1.165, 1.54) is 18.9 Å². The molecule has 0 aliphatic heterocycles. The maximum Gasteiger partial charge on any atom is 0.129 e. The third-order valence-corrected chi connectivity index (χ3v) is 3.67. The van der Waals surface area contributed by atoms with Crippen LogP contribution in [0.3, 0.4) is 0 Å². The number of ether oxygens (including phenoxy) is 1. The van der Waals surface area contributed by atoms with E-state index in [1.54, 1.807) is 0 Å². The van der Waals surface area contributed by atoms with Crippen molar-refractivity contribution in [3.63, 3.8) is 0 Å². The maximum atomic E-state index is 13.9. The molecule has 0 aromatic heterocycles. The van der Waals surface area contributed by atoms with E-state index >= 15 is 0 Å². The van der Waals surface area contributed by atoms with Crippen molar-refractivity contribution in [3.05, 3.63) is 65.0 Å². The fraction of sp³-hybridized carbons (Fsp3) is 0.333. The third kappa shape index (κ3) is 4.05. The normalized spacial score (nSPS) is 14.2. The highest BCUT2D eigenvalue weighted by molar-refractivity contribution is 5.29. The Kier molecular flexibility index (Phi) is 4.20.